The molecule has 1 amide bonds. The van der Waals surface area contributed by atoms with Gasteiger partial charge in [-0.05, 0) is 43.5 Å². The highest BCUT2D eigenvalue weighted by Crippen LogP contribution is 2.20. The Balaban J connectivity index is 1.69. The summed E-state index contributed by atoms with van der Waals surface area (Å²) in [5.41, 5.74) is 1.10. The molecule has 1 saturated heterocycles. The van der Waals surface area contributed by atoms with Gasteiger partial charge in [0.2, 0.25) is 0 Å². The van der Waals surface area contributed by atoms with Crippen molar-refractivity contribution in [1.29, 1.82) is 0 Å². The number of nitrogens with one attached hydrogen (secondary N) is 1. The van der Waals surface area contributed by atoms with Gasteiger partial charge >= 0.3 is 0 Å². The average molecular weight is 317 g/mol. The molecule has 0 radical (unpaired) electrons. The third kappa shape index (κ3) is 3.64. The molecular formula is C17H17F2N3O. The van der Waals surface area contributed by atoms with Crippen molar-refractivity contribution in [2.24, 2.45) is 0 Å². The van der Waals surface area contributed by atoms with Gasteiger partial charge in [-0.25, -0.2) is 13.8 Å². The number of benzene rings is 1. The molecular weight excluding hydrogens is 300 g/mol. The smallest absolute Gasteiger partial charge is 0.274 e. The normalized spacial score (nSPS) is 14.6. The van der Waals surface area contributed by atoms with E-state index in [2.05, 4.69) is 15.2 Å². The third-order valence-corrected chi connectivity index (χ3v) is 3.88. The molecule has 0 atom stereocenters. The lowest BCUT2D eigenvalue weighted by Gasteiger charge is -2.28. The number of nitrogens with zero attached hydrogens (tertiary/aromatic N) is 2. The molecule has 6 heteroatoms. The number of anilines is 2. The van der Waals surface area contributed by atoms with Crippen molar-refractivity contribution >= 4 is 17.3 Å². The summed E-state index contributed by atoms with van der Waals surface area (Å²) in [5, 5.41) is 2.40. The number of aromatic nitrogens is 1. The molecule has 1 N–H and O–H groups in total. The molecule has 0 aliphatic carbocycles. The first kappa shape index (κ1) is 15.4. The Kier molecular flexibility index (Phi) is 4.50. The van der Waals surface area contributed by atoms with E-state index in [1.54, 1.807) is 12.3 Å². The van der Waals surface area contributed by atoms with Crippen molar-refractivity contribution in [3.8, 4) is 0 Å². The van der Waals surface area contributed by atoms with Crippen molar-refractivity contribution < 1.29 is 13.6 Å². The SMILES string of the molecule is O=C(Nc1ccc(F)cc1F)c1ccc(N2CCCCC2)cn1. The second kappa shape index (κ2) is 6.73. The van der Waals surface area contributed by atoms with E-state index < -0.39 is 17.5 Å². The van der Waals surface area contributed by atoms with Crippen LogP contribution in [0, 0.1) is 11.6 Å². The van der Waals surface area contributed by atoms with E-state index in [-0.39, 0.29) is 11.4 Å². The van der Waals surface area contributed by atoms with E-state index in [4.69, 9.17) is 0 Å². The summed E-state index contributed by atoms with van der Waals surface area (Å²) in [6.07, 6.45) is 5.22. The lowest BCUT2D eigenvalue weighted by molar-refractivity contribution is 0.102. The molecule has 2 aromatic rings. The molecule has 3 rings (SSSR count). The number of pyridine rings is 1. The number of halogens is 2. The van der Waals surface area contributed by atoms with Crippen molar-refractivity contribution in [3.05, 3.63) is 53.9 Å². The molecule has 2 heterocycles. The van der Waals surface area contributed by atoms with Crippen molar-refractivity contribution in [1.82, 2.24) is 4.98 Å². The summed E-state index contributed by atoms with van der Waals surface area (Å²) in [7, 11) is 0. The van der Waals surface area contributed by atoms with E-state index in [9.17, 15) is 13.6 Å². The van der Waals surface area contributed by atoms with Crippen LogP contribution in [0.1, 0.15) is 29.8 Å². The van der Waals surface area contributed by atoms with Gasteiger partial charge in [0, 0.05) is 19.2 Å². The molecule has 23 heavy (non-hydrogen) atoms. The predicted octanol–water partition coefficient (Wildman–Crippen LogP) is 3.60. The molecule has 0 bridgehead atoms. The highest BCUT2D eigenvalue weighted by Gasteiger charge is 2.14. The standard InChI is InChI=1S/C17H17F2N3O/c18-12-4-6-15(14(19)10-12)21-17(23)16-7-5-13(11-20-16)22-8-2-1-3-9-22/h4-7,10-11H,1-3,8-9H2,(H,21,23). The topological polar surface area (TPSA) is 45.2 Å². The van der Waals surface area contributed by atoms with Gasteiger partial charge in [0.05, 0.1) is 17.6 Å². The predicted molar refractivity (Wildman–Crippen MR) is 84.6 cm³/mol. The molecule has 1 aliphatic rings. The molecule has 120 valence electrons. The monoisotopic (exact) mass is 317 g/mol. The zero-order valence-corrected chi connectivity index (χ0v) is 12.6. The number of rotatable bonds is 3. The summed E-state index contributed by atoms with van der Waals surface area (Å²) >= 11 is 0. The maximum Gasteiger partial charge on any atom is 0.274 e. The van der Waals surface area contributed by atoms with Crippen LogP contribution in [0.15, 0.2) is 36.5 Å². The Morgan fingerprint density at radius 1 is 1.09 bits per heavy atom. The fourth-order valence-corrected chi connectivity index (χ4v) is 2.64. The fourth-order valence-electron chi connectivity index (χ4n) is 2.64. The highest BCUT2D eigenvalue weighted by molar-refractivity contribution is 6.03. The number of hydrogen-bond acceptors (Lipinski definition) is 3. The van der Waals surface area contributed by atoms with E-state index in [0.29, 0.717) is 0 Å². The van der Waals surface area contributed by atoms with Crippen molar-refractivity contribution in [3.63, 3.8) is 0 Å². The first-order chi connectivity index (χ1) is 11.1. The van der Waals surface area contributed by atoms with Crippen LogP contribution in [0.5, 0.6) is 0 Å². The van der Waals surface area contributed by atoms with Gasteiger partial charge in [-0.15, -0.1) is 0 Å². The van der Waals surface area contributed by atoms with E-state index >= 15 is 0 Å². The van der Waals surface area contributed by atoms with Crippen LogP contribution >= 0.6 is 0 Å². The average Bonchev–Trinajstić information content (AvgIpc) is 2.58. The van der Waals surface area contributed by atoms with Gasteiger partial charge in [-0.3, -0.25) is 4.79 Å². The first-order valence-corrected chi connectivity index (χ1v) is 7.61. The summed E-state index contributed by atoms with van der Waals surface area (Å²) in [6, 6.07) is 6.45. The van der Waals surface area contributed by atoms with E-state index in [0.717, 1.165) is 43.8 Å². The highest BCUT2D eigenvalue weighted by atomic mass is 19.1. The molecule has 1 fully saturated rings. The number of hydrogen-bond donors (Lipinski definition) is 1. The molecule has 1 aromatic heterocycles. The van der Waals surface area contributed by atoms with E-state index in [1.165, 1.54) is 12.5 Å². The Hall–Kier alpha value is -2.50. The van der Waals surface area contributed by atoms with Crippen LogP contribution in [-0.4, -0.2) is 24.0 Å². The lowest BCUT2D eigenvalue weighted by atomic mass is 10.1. The van der Waals surface area contributed by atoms with Gasteiger partial charge in [-0.1, -0.05) is 0 Å². The maximum absolute atomic E-state index is 13.6. The molecule has 0 spiro atoms. The third-order valence-electron chi connectivity index (χ3n) is 3.88. The maximum atomic E-state index is 13.6. The Morgan fingerprint density at radius 3 is 2.52 bits per heavy atom. The Bertz CT molecular complexity index is 697. The Morgan fingerprint density at radius 2 is 1.87 bits per heavy atom. The van der Waals surface area contributed by atoms with Crippen LogP contribution < -0.4 is 10.2 Å². The molecule has 1 aromatic carbocycles. The lowest BCUT2D eigenvalue weighted by Crippen LogP contribution is -2.29. The van der Waals surface area contributed by atoms with E-state index in [1.807, 2.05) is 6.07 Å². The summed E-state index contributed by atoms with van der Waals surface area (Å²) in [6.45, 7) is 1.99. The van der Waals surface area contributed by atoms with Crippen LogP contribution in [0.25, 0.3) is 0 Å². The first-order valence-electron chi connectivity index (χ1n) is 7.61. The van der Waals surface area contributed by atoms with Crippen LogP contribution in [0.2, 0.25) is 0 Å². The molecule has 0 unspecified atom stereocenters. The van der Waals surface area contributed by atoms with Gasteiger partial charge in [0.1, 0.15) is 17.3 Å². The van der Waals surface area contributed by atoms with Crippen molar-refractivity contribution in [2.75, 3.05) is 23.3 Å². The second-order valence-electron chi connectivity index (χ2n) is 5.53. The summed E-state index contributed by atoms with van der Waals surface area (Å²) in [4.78, 5) is 18.5. The number of amides is 1. The summed E-state index contributed by atoms with van der Waals surface area (Å²) in [5.74, 6) is -2.03. The zero-order chi connectivity index (χ0) is 16.2. The van der Waals surface area contributed by atoms with Crippen LogP contribution in [-0.2, 0) is 0 Å². The minimum absolute atomic E-state index is 0.0710. The number of piperidine rings is 1. The largest absolute Gasteiger partial charge is 0.370 e. The quantitative estimate of drug-likeness (QED) is 0.941. The number of carbonyl (C=O) groups excluding carboxylic acids is 1. The molecule has 4 nitrogen and oxygen atoms in total. The fraction of sp³-hybridized carbons (Fsp3) is 0.294. The second-order valence-corrected chi connectivity index (χ2v) is 5.53. The van der Waals surface area contributed by atoms with Crippen LogP contribution in [0.4, 0.5) is 20.2 Å². The molecule has 0 saturated carbocycles. The minimum Gasteiger partial charge on any atom is -0.370 e. The zero-order valence-electron chi connectivity index (χ0n) is 12.6. The Labute approximate surface area is 133 Å². The minimum atomic E-state index is -0.816. The van der Waals surface area contributed by atoms with Crippen molar-refractivity contribution in [2.45, 2.75) is 19.3 Å². The van der Waals surface area contributed by atoms with Gasteiger partial charge < -0.3 is 10.2 Å². The van der Waals surface area contributed by atoms with Gasteiger partial charge in [0.15, 0.2) is 0 Å². The molecule has 1 aliphatic heterocycles. The van der Waals surface area contributed by atoms with Gasteiger partial charge in [0.25, 0.3) is 5.91 Å². The van der Waals surface area contributed by atoms with Gasteiger partial charge in [-0.2, -0.15) is 0 Å². The summed E-state index contributed by atoms with van der Waals surface area (Å²) < 4.78 is 26.4. The van der Waals surface area contributed by atoms with Crippen LogP contribution in [0.3, 0.4) is 0 Å². The number of carbonyl (C=O) groups is 1.